The third-order valence-corrected chi connectivity index (χ3v) is 5.93. The molecule has 1 aromatic carbocycles. The number of rotatable bonds is 4. The highest BCUT2D eigenvalue weighted by molar-refractivity contribution is 9.10. The summed E-state index contributed by atoms with van der Waals surface area (Å²) in [6, 6.07) is 10.8. The van der Waals surface area contributed by atoms with Crippen LogP contribution >= 0.6 is 15.9 Å². The minimum absolute atomic E-state index is 0.171. The quantitative estimate of drug-likeness (QED) is 0.583. The van der Waals surface area contributed by atoms with Crippen molar-refractivity contribution >= 4 is 32.8 Å². The van der Waals surface area contributed by atoms with Crippen molar-refractivity contribution in [3.05, 3.63) is 57.0 Å². The van der Waals surface area contributed by atoms with Crippen molar-refractivity contribution in [3.8, 4) is 16.9 Å². The molecule has 2 heterocycles. The summed E-state index contributed by atoms with van der Waals surface area (Å²) >= 11 is 3.32. The molecule has 0 spiro atoms. The Morgan fingerprint density at radius 1 is 1.21 bits per heavy atom. The van der Waals surface area contributed by atoms with Gasteiger partial charge in [0, 0.05) is 17.5 Å². The van der Waals surface area contributed by atoms with Gasteiger partial charge in [0.1, 0.15) is 4.60 Å². The normalized spacial score (nSPS) is 14.6. The van der Waals surface area contributed by atoms with Gasteiger partial charge in [0.25, 0.3) is 5.56 Å². The van der Waals surface area contributed by atoms with Crippen LogP contribution in [0, 0.1) is 5.92 Å². The Kier molecular flexibility index (Phi) is 4.93. The molecule has 0 unspecified atom stereocenters. The van der Waals surface area contributed by atoms with Gasteiger partial charge in [0.05, 0.1) is 5.52 Å². The molecule has 0 amide bonds. The number of aromatic nitrogens is 2. The topological polar surface area (TPSA) is 92.4 Å². The molecule has 2 N–H and O–H groups in total. The van der Waals surface area contributed by atoms with Crippen LogP contribution in [-0.2, 0) is 6.54 Å². The van der Waals surface area contributed by atoms with Gasteiger partial charge in [0.15, 0.2) is 11.4 Å². The van der Waals surface area contributed by atoms with Gasteiger partial charge < -0.3 is 14.8 Å². The molecule has 0 atom stereocenters. The Labute approximate surface area is 169 Å². The van der Waals surface area contributed by atoms with E-state index in [4.69, 9.17) is 0 Å². The van der Waals surface area contributed by atoms with Crippen LogP contribution in [-0.4, -0.2) is 25.7 Å². The molecule has 28 heavy (non-hydrogen) atoms. The third kappa shape index (κ3) is 3.20. The van der Waals surface area contributed by atoms with Crippen molar-refractivity contribution in [1.29, 1.82) is 0 Å². The van der Waals surface area contributed by atoms with Gasteiger partial charge in [0.2, 0.25) is 0 Å². The monoisotopic (exact) mass is 442 g/mol. The Hall–Kier alpha value is -2.67. The average Bonchev–Trinajstić information content (AvgIpc) is 3.19. The first-order chi connectivity index (χ1) is 13.5. The molecule has 3 aromatic rings. The fourth-order valence-corrected chi connectivity index (χ4v) is 4.61. The van der Waals surface area contributed by atoms with Crippen LogP contribution in [0.15, 0.2) is 45.8 Å². The molecule has 1 aliphatic rings. The van der Waals surface area contributed by atoms with Gasteiger partial charge >= 0.3 is 5.97 Å². The number of hydrogen-bond donors (Lipinski definition) is 2. The van der Waals surface area contributed by atoms with Crippen molar-refractivity contribution in [3.63, 3.8) is 0 Å². The summed E-state index contributed by atoms with van der Waals surface area (Å²) in [4.78, 5) is 28.8. The SMILES string of the molecule is O=C(O)c1nc(Br)c2c(cc(-c3ccccc3)c(=O)n2CC2CCCC2)c1O. The maximum Gasteiger partial charge on any atom is 0.358 e. The molecule has 0 saturated heterocycles. The van der Waals surface area contributed by atoms with Crippen LogP contribution < -0.4 is 5.56 Å². The van der Waals surface area contributed by atoms with E-state index in [2.05, 4.69) is 20.9 Å². The molecular weight excluding hydrogens is 424 g/mol. The number of carboxylic acids is 1. The van der Waals surface area contributed by atoms with Crippen molar-refractivity contribution in [2.24, 2.45) is 5.92 Å². The van der Waals surface area contributed by atoms with E-state index in [0.717, 1.165) is 31.2 Å². The number of nitrogens with zero attached hydrogens (tertiary/aromatic N) is 2. The van der Waals surface area contributed by atoms with E-state index in [1.807, 2.05) is 30.3 Å². The first-order valence-electron chi connectivity index (χ1n) is 9.22. The minimum atomic E-state index is -1.32. The van der Waals surface area contributed by atoms with Crippen LogP contribution in [0.5, 0.6) is 5.75 Å². The summed E-state index contributed by atoms with van der Waals surface area (Å²) in [7, 11) is 0. The van der Waals surface area contributed by atoms with Gasteiger partial charge in [-0.05, 0) is 46.3 Å². The number of aromatic carboxylic acids is 1. The van der Waals surface area contributed by atoms with E-state index in [1.165, 1.54) is 0 Å². The highest BCUT2D eigenvalue weighted by Crippen LogP contribution is 2.35. The lowest BCUT2D eigenvalue weighted by Crippen LogP contribution is -2.26. The second-order valence-corrected chi connectivity index (χ2v) is 7.91. The Morgan fingerprint density at radius 2 is 1.89 bits per heavy atom. The fraction of sp³-hybridized carbons (Fsp3) is 0.286. The molecule has 1 aliphatic carbocycles. The zero-order valence-corrected chi connectivity index (χ0v) is 16.6. The number of benzene rings is 1. The van der Waals surface area contributed by atoms with E-state index >= 15 is 0 Å². The smallest absolute Gasteiger partial charge is 0.358 e. The zero-order valence-electron chi connectivity index (χ0n) is 15.1. The van der Waals surface area contributed by atoms with Crippen molar-refractivity contribution in [1.82, 2.24) is 9.55 Å². The lowest BCUT2D eigenvalue weighted by molar-refractivity contribution is 0.0687. The maximum atomic E-state index is 13.4. The lowest BCUT2D eigenvalue weighted by atomic mass is 10.0. The Morgan fingerprint density at radius 3 is 2.54 bits per heavy atom. The first-order valence-corrected chi connectivity index (χ1v) is 10.0. The molecule has 7 heteroatoms. The molecular formula is C21H19BrN2O4. The second kappa shape index (κ2) is 7.39. The molecule has 6 nitrogen and oxygen atoms in total. The molecule has 0 bridgehead atoms. The van der Waals surface area contributed by atoms with Crippen LogP contribution in [0.4, 0.5) is 0 Å². The van der Waals surface area contributed by atoms with Crippen LogP contribution in [0.1, 0.15) is 36.2 Å². The fourth-order valence-electron chi connectivity index (χ4n) is 4.00. The van der Waals surface area contributed by atoms with Crippen LogP contribution in [0.2, 0.25) is 0 Å². The molecule has 0 aliphatic heterocycles. The van der Waals surface area contributed by atoms with E-state index in [9.17, 15) is 19.8 Å². The summed E-state index contributed by atoms with van der Waals surface area (Å²) in [5.74, 6) is -1.38. The van der Waals surface area contributed by atoms with Gasteiger partial charge in [-0.15, -0.1) is 0 Å². The van der Waals surface area contributed by atoms with Crippen molar-refractivity contribution < 1.29 is 15.0 Å². The molecule has 144 valence electrons. The highest BCUT2D eigenvalue weighted by Gasteiger charge is 2.24. The molecule has 2 aromatic heterocycles. The van der Waals surface area contributed by atoms with Gasteiger partial charge in [-0.1, -0.05) is 43.2 Å². The maximum absolute atomic E-state index is 13.4. The van der Waals surface area contributed by atoms with Crippen LogP contribution in [0.3, 0.4) is 0 Å². The molecule has 1 saturated carbocycles. The average molecular weight is 443 g/mol. The number of fused-ring (bicyclic) bond motifs is 1. The van der Waals surface area contributed by atoms with Gasteiger partial charge in [-0.25, -0.2) is 9.78 Å². The van der Waals surface area contributed by atoms with Crippen molar-refractivity contribution in [2.75, 3.05) is 0 Å². The summed E-state index contributed by atoms with van der Waals surface area (Å²) in [6.07, 6.45) is 4.38. The van der Waals surface area contributed by atoms with Crippen LogP contribution in [0.25, 0.3) is 22.0 Å². The van der Waals surface area contributed by atoms with E-state index in [0.29, 0.717) is 28.9 Å². The summed E-state index contributed by atoms with van der Waals surface area (Å²) in [5, 5.41) is 20.3. The summed E-state index contributed by atoms with van der Waals surface area (Å²) in [5.41, 5.74) is 0.966. The van der Waals surface area contributed by atoms with E-state index < -0.39 is 17.4 Å². The zero-order chi connectivity index (χ0) is 19.8. The Balaban J connectivity index is 2.05. The highest BCUT2D eigenvalue weighted by atomic mass is 79.9. The molecule has 0 radical (unpaired) electrons. The number of carboxylic acid groups (broad SMARTS) is 1. The largest absolute Gasteiger partial charge is 0.505 e. The number of carbonyl (C=O) groups is 1. The first kappa shape index (κ1) is 18.7. The standard InChI is InChI=1S/C21H19BrN2O4/c22-19-17-15(18(25)16(23-19)21(27)28)10-14(13-8-2-1-3-9-13)20(26)24(17)11-12-6-4-5-7-12/h1-3,8-10,12,25H,4-7,11H2,(H,27,28). The molecule has 4 rings (SSSR count). The number of pyridine rings is 2. The predicted molar refractivity (Wildman–Crippen MR) is 110 cm³/mol. The lowest BCUT2D eigenvalue weighted by Gasteiger charge is -2.18. The van der Waals surface area contributed by atoms with Crippen molar-refractivity contribution in [2.45, 2.75) is 32.2 Å². The third-order valence-electron chi connectivity index (χ3n) is 5.38. The number of hydrogen-bond acceptors (Lipinski definition) is 4. The predicted octanol–water partition coefficient (Wildman–Crippen LogP) is 4.42. The second-order valence-electron chi connectivity index (χ2n) is 7.16. The number of aromatic hydroxyl groups is 1. The summed E-state index contributed by atoms with van der Waals surface area (Å²) < 4.78 is 1.88. The van der Waals surface area contributed by atoms with E-state index in [-0.39, 0.29) is 10.2 Å². The van der Waals surface area contributed by atoms with Gasteiger partial charge in [-0.2, -0.15) is 0 Å². The summed E-state index contributed by atoms with van der Waals surface area (Å²) in [6.45, 7) is 0.516. The minimum Gasteiger partial charge on any atom is -0.505 e. The Bertz CT molecular complexity index is 1120. The van der Waals surface area contributed by atoms with Gasteiger partial charge in [-0.3, -0.25) is 4.79 Å². The molecule has 1 fully saturated rings. The number of halogens is 1. The van der Waals surface area contributed by atoms with E-state index in [1.54, 1.807) is 10.6 Å².